The van der Waals surface area contributed by atoms with Crippen LogP contribution in [0.1, 0.15) is 54.9 Å². The molecule has 2 aromatic rings. The molecule has 2 rings (SSSR count). The van der Waals surface area contributed by atoms with Crippen molar-refractivity contribution in [2.24, 2.45) is 0 Å². The van der Waals surface area contributed by atoms with Gasteiger partial charge in [-0.25, -0.2) is 0 Å². The van der Waals surface area contributed by atoms with Crippen molar-refractivity contribution in [3.8, 4) is 5.75 Å². The lowest BCUT2D eigenvalue weighted by Gasteiger charge is -2.11. The molecule has 0 aliphatic rings. The Morgan fingerprint density at radius 3 is 2.37 bits per heavy atom. The van der Waals surface area contributed by atoms with Gasteiger partial charge in [-0.05, 0) is 54.8 Å². The Labute approximate surface area is 166 Å². The van der Waals surface area contributed by atoms with Crippen molar-refractivity contribution in [3.63, 3.8) is 0 Å². The second-order valence-corrected chi connectivity index (χ2v) is 6.87. The highest BCUT2D eigenvalue weighted by molar-refractivity contribution is 6.30. The highest BCUT2D eigenvalue weighted by atomic mass is 35.5. The van der Waals surface area contributed by atoms with E-state index in [9.17, 15) is 4.79 Å². The number of rotatable bonds is 11. The van der Waals surface area contributed by atoms with Crippen LogP contribution in [-0.2, 0) is 6.61 Å². The number of benzene rings is 2. The number of nitrogens with one attached hydrogen (secondary N) is 2. The van der Waals surface area contributed by atoms with Crippen LogP contribution < -0.4 is 15.6 Å². The third kappa shape index (κ3) is 7.75. The van der Waals surface area contributed by atoms with E-state index in [2.05, 4.69) is 24.4 Å². The van der Waals surface area contributed by atoms with Crippen LogP contribution in [0.4, 0.5) is 0 Å². The molecule has 0 heterocycles. The van der Waals surface area contributed by atoms with E-state index in [-0.39, 0.29) is 5.91 Å². The van der Waals surface area contributed by atoms with Gasteiger partial charge in [0.2, 0.25) is 0 Å². The van der Waals surface area contributed by atoms with Crippen molar-refractivity contribution in [1.29, 1.82) is 0 Å². The molecule has 0 aliphatic heterocycles. The molecule has 0 unspecified atom stereocenters. The van der Waals surface area contributed by atoms with Crippen molar-refractivity contribution in [1.82, 2.24) is 10.9 Å². The smallest absolute Gasteiger partial charge is 0.269 e. The summed E-state index contributed by atoms with van der Waals surface area (Å²) in [5.41, 5.74) is 7.98. The molecule has 0 aliphatic carbocycles. The molecule has 2 N–H and O–H groups in total. The summed E-state index contributed by atoms with van der Waals surface area (Å²) in [4.78, 5) is 12.2. The lowest BCUT2D eigenvalue weighted by molar-refractivity contribution is 0.0938. The van der Waals surface area contributed by atoms with Gasteiger partial charge < -0.3 is 10.2 Å². The molecule has 0 bridgehead atoms. The first-order valence-electron chi connectivity index (χ1n) is 9.30. The number of halogens is 1. The van der Waals surface area contributed by atoms with Gasteiger partial charge in [-0.3, -0.25) is 10.2 Å². The fraction of sp³-hybridized carbons (Fsp3) is 0.318. The van der Waals surface area contributed by atoms with Crippen molar-refractivity contribution in [3.05, 3.63) is 77.0 Å². The van der Waals surface area contributed by atoms with Crippen molar-refractivity contribution >= 4 is 17.5 Å². The molecular weight excluding hydrogens is 360 g/mol. The molecule has 0 fully saturated rings. The van der Waals surface area contributed by atoms with Gasteiger partial charge in [0, 0.05) is 16.3 Å². The zero-order valence-electron chi connectivity index (χ0n) is 15.8. The number of unbranched alkanes of at least 4 members (excludes halogenated alkanes) is 3. The number of amides is 1. The summed E-state index contributed by atoms with van der Waals surface area (Å²) in [6, 6.07) is 14.5. The van der Waals surface area contributed by atoms with Gasteiger partial charge in [-0.15, -0.1) is 0 Å². The average molecular weight is 387 g/mol. The predicted molar refractivity (Wildman–Crippen MR) is 111 cm³/mol. The van der Waals surface area contributed by atoms with Gasteiger partial charge in [-0.2, -0.15) is 0 Å². The van der Waals surface area contributed by atoms with Gasteiger partial charge in [0.05, 0.1) is 0 Å². The Morgan fingerprint density at radius 1 is 1.00 bits per heavy atom. The molecule has 0 spiro atoms. The Kier molecular flexibility index (Phi) is 8.72. The summed E-state index contributed by atoms with van der Waals surface area (Å²) >= 11 is 5.87. The fourth-order valence-electron chi connectivity index (χ4n) is 2.49. The average Bonchev–Trinajstić information content (AvgIpc) is 2.69. The summed E-state index contributed by atoms with van der Waals surface area (Å²) < 4.78 is 5.72. The molecule has 27 heavy (non-hydrogen) atoms. The molecule has 0 saturated heterocycles. The van der Waals surface area contributed by atoms with E-state index in [1.807, 2.05) is 24.3 Å². The van der Waals surface area contributed by atoms with Gasteiger partial charge >= 0.3 is 0 Å². The Bertz CT molecular complexity index is 727. The van der Waals surface area contributed by atoms with E-state index in [4.69, 9.17) is 16.3 Å². The molecule has 5 heteroatoms. The minimum Gasteiger partial charge on any atom is -0.489 e. The highest BCUT2D eigenvalue weighted by Gasteiger charge is 2.06. The number of carbonyl (C=O) groups is 1. The van der Waals surface area contributed by atoms with Crippen LogP contribution >= 0.6 is 11.6 Å². The highest BCUT2D eigenvalue weighted by Crippen LogP contribution is 2.16. The summed E-state index contributed by atoms with van der Waals surface area (Å²) in [6.07, 6.45) is 5.55. The van der Waals surface area contributed by atoms with E-state index in [0.29, 0.717) is 22.9 Å². The minimum atomic E-state index is -0.200. The van der Waals surface area contributed by atoms with Crippen molar-refractivity contribution < 1.29 is 9.53 Å². The normalized spacial score (nSPS) is 10.3. The number of hydrogen-bond donors (Lipinski definition) is 2. The van der Waals surface area contributed by atoms with Gasteiger partial charge in [0.25, 0.3) is 5.91 Å². The Morgan fingerprint density at radius 2 is 1.70 bits per heavy atom. The SMILES string of the molecule is C=C(CCCCCC)NNC(=O)c1ccc(OCc2ccc(Cl)cc2)cc1. The van der Waals surface area contributed by atoms with Crippen LogP contribution in [0.15, 0.2) is 60.8 Å². The molecule has 0 atom stereocenters. The lowest BCUT2D eigenvalue weighted by Crippen LogP contribution is -2.36. The first-order valence-corrected chi connectivity index (χ1v) is 9.67. The summed E-state index contributed by atoms with van der Waals surface area (Å²) in [7, 11) is 0. The first-order chi connectivity index (χ1) is 13.1. The molecule has 4 nitrogen and oxygen atoms in total. The number of ether oxygens (including phenoxy) is 1. The fourth-order valence-corrected chi connectivity index (χ4v) is 2.62. The Hall–Kier alpha value is -2.46. The number of hydrogen-bond acceptors (Lipinski definition) is 3. The zero-order chi connectivity index (χ0) is 19.5. The second-order valence-electron chi connectivity index (χ2n) is 6.43. The Balaban J connectivity index is 1.74. The van der Waals surface area contributed by atoms with Crippen molar-refractivity contribution in [2.45, 2.75) is 45.6 Å². The summed E-state index contributed by atoms with van der Waals surface area (Å²) in [6.45, 7) is 6.56. The quantitative estimate of drug-likeness (QED) is 0.388. The van der Waals surface area contributed by atoms with Gasteiger partial charge in [0.15, 0.2) is 0 Å². The largest absolute Gasteiger partial charge is 0.489 e. The second kappa shape index (κ2) is 11.3. The summed E-state index contributed by atoms with van der Waals surface area (Å²) in [5.74, 6) is 0.503. The van der Waals surface area contributed by atoms with Crippen LogP contribution in [0.2, 0.25) is 5.02 Å². The maximum atomic E-state index is 12.2. The maximum Gasteiger partial charge on any atom is 0.269 e. The first kappa shape index (κ1) is 20.8. The third-order valence-electron chi connectivity index (χ3n) is 4.12. The topological polar surface area (TPSA) is 50.4 Å². The predicted octanol–water partition coefficient (Wildman–Crippen LogP) is 5.64. The molecule has 2 aromatic carbocycles. The molecular formula is C22H27ClN2O2. The number of allylic oxidation sites excluding steroid dienone is 1. The monoisotopic (exact) mass is 386 g/mol. The molecule has 0 saturated carbocycles. The number of hydrazine groups is 1. The minimum absolute atomic E-state index is 0.200. The van der Waals surface area contributed by atoms with E-state index < -0.39 is 0 Å². The van der Waals surface area contributed by atoms with Gasteiger partial charge in [-0.1, -0.05) is 56.5 Å². The third-order valence-corrected chi connectivity index (χ3v) is 4.37. The standard InChI is InChI=1S/C22H27ClN2O2/c1-3-4-5-6-7-17(2)24-25-22(26)19-10-14-21(15-11-19)27-16-18-8-12-20(23)13-9-18/h8-15,24H,2-7,16H2,1H3,(H,25,26). The molecule has 0 aromatic heterocycles. The summed E-state index contributed by atoms with van der Waals surface area (Å²) in [5, 5.41) is 0.700. The van der Waals surface area contributed by atoms with Crippen LogP contribution in [0.25, 0.3) is 0 Å². The zero-order valence-corrected chi connectivity index (χ0v) is 16.5. The van der Waals surface area contributed by atoms with Gasteiger partial charge in [0.1, 0.15) is 12.4 Å². The van der Waals surface area contributed by atoms with E-state index in [1.54, 1.807) is 24.3 Å². The van der Waals surface area contributed by atoms with Crippen LogP contribution in [0.3, 0.4) is 0 Å². The molecule has 144 valence electrons. The maximum absolute atomic E-state index is 12.2. The number of carbonyl (C=O) groups excluding carboxylic acids is 1. The van der Waals surface area contributed by atoms with E-state index in [1.165, 1.54) is 19.3 Å². The molecule has 1 amide bonds. The molecule has 0 radical (unpaired) electrons. The lowest BCUT2D eigenvalue weighted by atomic mass is 10.1. The van der Waals surface area contributed by atoms with E-state index >= 15 is 0 Å². The van der Waals surface area contributed by atoms with Crippen LogP contribution in [0, 0.1) is 0 Å². The van der Waals surface area contributed by atoms with E-state index in [0.717, 1.165) is 24.1 Å². The van der Waals surface area contributed by atoms with Crippen molar-refractivity contribution in [2.75, 3.05) is 0 Å². The van der Waals surface area contributed by atoms with Crippen LogP contribution in [-0.4, -0.2) is 5.91 Å². The van der Waals surface area contributed by atoms with Crippen LogP contribution in [0.5, 0.6) is 5.75 Å².